The zero-order valence-electron chi connectivity index (χ0n) is 16.6. The van der Waals surface area contributed by atoms with E-state index >= 15 is 0 Å². The van der Waals surface area contributed by atoms with E-state index in [1.807, 2.05) is 41.8 Å². The average Bonchev–Trinajstić information content (AvgIpc) is 3.44. The van der Waals surface area contributed by atoms with Crippen LogP contribution >= 0.6 is 11.3 Å². The number of ether oxygens (including phenoxy) is 2. The summed E-state index contributed by atoms with van der Waals surface area (Å²) in [6.45, 7) is 0.120. The lowest BCUT2D eigenvalue weighted by Crippen LogP contribution is -2.20. The lowest BCUT2D eigenvalue weighted by atomic mass is 10.2. The van der Waals surface area contributed by atoms with Crippen LogP contribution in [-0.2, 0) is 11.3 Å². The molecule has 2 aromatic carbocycles. The molecule has 8 nitrogen and oxygen atoms in total. The lowest BCUT2D eigenvalue weighted by Gasteiger charge is -2.10. The van der Waals surface area contributed by atoms with Crippen molar-refractivity contribution in [3.63, 3.8) is 0 Å². The van der Waals surface area contributed by atoms with Crippen molar-refractivity contribution in [2.24, 2.45) is 0 Å². The number of nitrogens with zero attached hydrogens (tertiary/aromatic N) is 2. The molecule has 0 saturated carbocycles. The second-order valence-electron chi connectivity index (χ2n) is 6.45. The molecule has 4 rings (SSSR count). The summed E-state index contributed by atoms with van der Waals surface area (Å²) in [4.78, 5) is 24.9. The highest BCUT2D eigenvalue weighted by Crippen LogP contribution is 2.31. The van der Waals surface area contributed by atoms with Gasteiger partial charge in [-0.05, 0) is 47.8 Å². The van der Waals surface area contributed by atoms with Crippen molar-refractivity contribution >= 4 is 22.9 Å². The van der Waals surface area contributed by atoms with Gasteiger partial charge in [0.1, 0.15) is 5.75 Å². The SMILES string of the molecule is COc1ccccc1Oc1ccc(NC(=O)CCn2nc(-c3cccs3)oc2=O)cc1. The van der Waals surface area contributed by atoms with Gasteiger partial charge in [-0.3, -0.25) is 4.79 Å². The Morgan fingerprint density at radius 2 is 1.87 bits per heavy atom. The summed E-state index contributed by atoms with van der Waals surface area (Å²) in [5, 5.41) is 8.80. The van der Waals surface area contributed by atoms with Crippen molar-refractivity contribution in [1.29, 1.82) is 0 Å². The van der Waals surface area contributed by atoms with Gasteiger partial charge in [0.2, 0.25) is 5.91 Å². The normalized spacial score (nSPS) is 10.6. The number of carbonyl (C=O) groups is 1. The molecule has 0 fully saturated rings. The van der Waals surface area contributed by atoms with Crippen LogP contribution in [0.25, 0.3) is 10.8 Å². The second kappa shape index (κ2) is 9.31. The first-order chi connectivity index (χ1) is 15.1. The number of nitrogens with one attached hydrogen (secondary N) is 1. The molecule has 9 heteroatoms. The number of rotatable bonds is 8. The maximum Gasteiger partial charge on any atom is 0.437 e. The van der Waals surface area contributed by atoms with E-state index in [1.165, 1.54) is 11.3 Å². The summed E-state index contributed by atoms with van der Waals surface area (Å²) in [7, 11) is 1.58. The van der Waals surface area contributed by atoms with Gasteiger partial charge in [0.05, 0.1) is 18.5 Å². The third-order valence-corrected chi connectivity index (χ3v) is 5.18. The number of aromatic nitrogens is 2. The molecule has 0 bridgehead atoms. The average molecular weight is 437 g/mol. The summed E-state index contributed by atoms with van der Waals surface area (Å²) < 4.78 is 17.4. The minimum Gasteiger partial charge on any atom is -0.493 e. The van der Waals surface area contributed by atoms with Crippen LogP contribution in [0.1, 0.15) is 6.42 Å². The van der Waals surface area contributed by atoms with E-state index in [0.29, 0.717) is 22.9 Å². The van der Waals surface area contributed by atoms with E-state index < -0.39 is 5.76 Å². The maximum atomic E-state index is 12.3. The van der Waals surface area contributed by atoms with Crippen LogP contribution in [0.5, 0.6) is 17.2 Å². The second-order valence-corrected chi connectivity index (χ2v) is 7.40. The minimum atomic E-state index is -0.589. The van der Waals surface area contributed by atoms with Gasteiger partial charge >= 0.3 is 5.76 Å². The van der Waals surface area contributed by atoms with Crippen molar-refractivity contribution in [1.82, 2.24) is 9.78 Å². The van der Waals surface area contributed by atoms with Crippen LogP contribution in [-0.4, -0.2) is 22.8 Å². The molecule has 31 heavy (non-hydrogen) atoms. The molecule has 2 aromatic heterocycles. The minimum absolute atomic E-state index is 0.0792. The number of thiophene rings is 1. The summed E-state index contributed by atoms with van der Waals surface area (Å²) >= 11 is 1.42. The highest BCUT2D eigenvalue weighted by Gasteiger charge is 2.12. The van der Waals surface area contributed by atoms with E-state index in [4.69, 9.17) is 13.9 Å². The van der Waals surface area contributed by atoms with Crippen LogP contribution < -0.4 is 20.5 Å². The van der Waals surface area contributed by atoms with Crippen LogP contribution in [0.2, 0.25) is 0 Å². The fourth-order valence-corrected chi connectivity index (χ4v) is 3.46. The molecule has 158 valence electrons. The van der Waals surface area contributed by atoms with Gasteiger partial charge < -0.3 is 19.2 Å². The van der Waals surface area contributed by atoms with Crippen LogP contribution in [0.4, 0.5) is 5.69 Å². The Morgan fingerprint density at radius 3 is 2.58 bits per heavy atom. The molecule has 2 heterocycles. The van der Waals surface area contributed by atoms with Gasteiger partial charge in [-0.15, -0.1) is 16.4 Å². The third-order valence-electron chi connectivity index (χ3n) is 4.32. The fraction of sp³-hybridized carbons (Fsp3) is 0.136. The predicted octanol–water partition coefficient (Wildman–Crippen LogP) is 4.39. The van der Waals surface area contributed by atoms with E-state index in [2.05, 4.69) is 10.4 Å². The number of benzene rings is 2. The zero-order chi connectivity index (χ0) is 21.6. The quantitative estimate of drug-likeness (QED) is 0.439. The van der Waals surface area contributed by atoms with Gasteiger partial charge in [-0.1, -0.05) is 18.2 Å². The van der Waals surface area contributed by atoms with Crippen LogP contribution in [0.3, 0.4) is 0 Å². The van der Waals surface area contributed by atoms with E-state index in [1.54, 1.807) is 31.4 Å². The Labute approximate surface area is 181 Å². The van der Waals surface area contributed by atoms with Gasteiger partial charge in [-0.25, -0.2) is 4.79 Å². The first-order valence-corrected chi connectivity index (χ1v) is 10.3. The van der Waals surface area contributed by atoms with Gasteiger partial charge in [-0.2, -0.15) is 4.68 Å². The number of hydrogen-bond donors (Lipinski definition) is 1. The monoisotopic (exact) mass is 437 g/mol. The van der Waals surface area contributed by atoms with E-state index in [-0.39, 0.29) is 24.8 Å². The molecule has 1 amide bonds. The molecular weight excluding hydrogens is 418 g/mol. The third kappa shape index (κ3) is 5.01. The summed E-state index contributed by atoms with van der Waals surface area (Å²) in [5.74, 6) is 1.26. The Morgan fingerprint density at radius 1 is 1.10 bits per heavy atom. The molecule has 0 aliphatic rings. The molecule has 4 aromatic rings. The largest absolute Gasteiger partial charge is 0.493 e. The van der Waals surface area contributed by atoms with Crippen LogP contribution in [0, 0.1) is 0 Å². The molecule has 0 atom stereocenters. The fourth-order valence-electron chi connectivity index (χ4n) is 2.81. The number of methoxy groups -OCH3 is 1. The molecule has 0 unspecified atom stereocenters. The first-order valence-electron chi connectivity index (χ1n) is 9.45. The Bertz CT molecular complexity index is 1210. The molecule has 0 aliphatic carbocycles. The van der Waals surface area contributed by atoms with Crippen molar-refractivity contribution in [3.8, 4) is 28.0 Å². The van der Waals surface area contributed by atoms with Crippen LogP contribution in [0.15, 0.2) is 75.3 Å². The van der Waals surface area contributed by atoms with Crippen molar-refractivity contribution in [2.75, 3.05) is 12.4 Å². The lowest BCUT2D eigenvalue weighted by molar-refractivity contribution is -0.116. The summed E-state index contributed by atoms with van der Waals surface area (Å²) in [6.07, 6.45) is 0.0792. The Balaban J connectivity index is 1.32. The molecule has 0 aliphatic heterocycles. The molecule has 0 radical (unpaired) electrons. The Hall–Kier alpha value is -3.85. The topological polar surface area (TPSA) is 95.6 Å². The van der Waals surface area contributed by atoms with Crippen molar-refractivity contribution in [2.45, 2.75) is 13.0 Å². The summed E-state index contributed by atoms with van der Waals surface area (Å²) in [5.41, 5.74) is 0.615. The first kappa shape index (κ1) is 20.4. The highest BCUT2D eigenvalue weighted by atomic mass is 32.1. The standard InChI is InChI=1S/C22H19N3O5S/c1-28-17-5-2-3-6-18(17)29-16-10-8-15(9-11-16)23-20(26)12-13-25-22(27)30-21(24-25)19-7-4-14-31-19/h2-11,14H,12-13H2,1H3,(H,23,26). The molecule has 0 saturated heterocycles. The number of amides is 1. The van der Waals surface area contributed by atoms with Crippen molar-refractivity contribution in [3.05, 3.63) is 76.6 Å². The number of aryl methyl sites for hydroxylation is 1. The summed E-state index contributed by atoms with van der Waals surface area (Å²) in [6, 6.07) is 18.0. The maximum absolute atomic E-state index is 12.3. The predicted molar refractivity (Wildman–Crippen MR) is 117 cm³/mol. The highest BCUT2D eigenvalue weighted by molar-refractivity contribution is 7.13. The zero-order valence-corrected chi connectivity index (χ0v) is 17.4. The molecular formula is C22H19N3O5S. The van der Waals surface area contributed by atoms with Gasteiger partial charge in [0.15, 0.2) is 11.5 Å². The number of hydrogen-bond acceptors (Lipinski definition) is 7. The molecule has 1 N–H and O–H groups in total. The van der Waals surface area contributed by atoms with E-state index in [9.17, 15) is 9.59 Å². The number of para-hydroxylation sites is 2. The van der Waals surface area contributed by atoms with Gasteiger partial charge in [0.25, 0.3) is 5.89 Å². The van der Waals surface area contributed by atoms with Gasteiger partial charge in [0, 0.05) is 12.1 Å². The van der Waals surface area contributed by atoms with E-state index in [0.717, 1.165) is 9.56 Å². The Kier molecular flexibility index (Phi) is 6.13. The number of carbonyl (C=O) groups excluding carboxylic acids is 1. The van der Waals surface area contributed by atoms with Crippen molar-refractivity contribution < 1.29 is 18.7 Å². The number of anilines is 1. The smallest absolute Gasteiger partial charge is 0.437 e. The molecule has 0 spiro atoms.